The van der Waals surface area contributed by atoms with Gasteiger partial charge in [-0.25, -0.2) is 4.39 Å². The Morgan fingerprint density at radius 3 is 2.70 bits per heavy atom. The average molecular weight is 336 g/mol. The molecule has 1 N–H and O–H groups in total. The van der Waals surface area contributed by atoms with Crippen molar-refractivity contribution < 1.29 is 4.39 Å². The first-order valence-corrected chi connectivity index (χ1v) is 7.66. The lowest BCUT2D eigenvalue weighted by Crippen LogP contribution is -2.18. The lowest BCUT2D eigenvalue weighted by molar-refractivity contribution is 0.615. The van der Waals surface area contributed by atoms with Crippen LogP contribution in [0.3, 0.4) is 0 Å². The maximum absolute atomic E-state index is 13.5. The molecule has 1 unspecified atom stereocenters. The Balaban J connectivity index is 2.41. The molecule has 0 spiro atoms. The van der Waals surface area contributed by atoms with Gasteiger partial charge in [0.1, 0.15) is 5.82 Å². The van der Waals surface area contributed by atoms with Gasteiger partial charge in [-0.1, -0.05) is 53.5 Å². The minimum Gasteiger partial charge on any atom is -0.309 e. The lowest BCUT2D eigenvalue weighted by Gasteiger charge is -2.19. The molecule has 1 atom stereocenters. The number of hydrogen-bond acceptors (Lipinski definition) is 1. The molecule has 0 fully saturated rings. The first kappa shape index (κ1) is 15.2. The van der Waals surface area contributed by atoms with Gasteiger partial charge in [0.15, 0.2) is 0 Å². The van der Waals surface area contributed by atoms with Crippen LogP contribution in [0.2, 0.25) is 0 Å². The number of hydrogen-bond donors (Lipinski definition) is 1. The molecule has 0 aliphatic rings. The van der Waals surface area contributed by atoms with Crippen molar-refractivity contribution in [2.24, 2.45) is 0 Å². The zero-order chi connectivity index (χ0) is 14.5. The summed E-state index contributed by atoms with van der Waals surface area (Å²) < 4.78 is 14.4. The molecular formula is C17H19BrFN. The number of rotatable bonds is 5. The van der Waals surface area contributed by atoms with Crippen LogP contribution in [0.4, 0.5) is 4.39 Å². The van der Waals surface area contributed by atoms with Crippen LogP contribution in [0.25, 0.3) is 0 Å². The normalized spacial score (nSPS) is 12.4. The summed E-state index contributed by atoms with van der Waals surface area (Å²) in [5, 5.41) is 3.28. The summed E-state index contributed by atoms with van der Waals surface area (Å²) in [4.78, 5) is 0. The Kier molecular flexibility index (Phi) is 5.32. The summed E-state index contributed by atoms with van der Waals surface area (Å²) in [5.74, 6) is -0.215. The van der Waals surface area contributed by atoms with Gasteiger partial charge in [-0.3, -0.25) is 0 Å². The molecule has 2 aromatic carbocycles. The zero-order valence-corrected chi connectivity index (χ0v) is 13.4. The van der Waals surface area contributed by atoms with E-state index in [1.54, 1.807) is 12.1 Å². The predicted octanol–water partition coefficient (Wildman–Crippen LogP) is 4.85. The molecule has 106 valence electrons. The van der Waals surface area contributed by atoms with Gasteiger partial charge in [0, 0.05) is 4.47 Å². The minimum atomic E-state index is -0.215. The second-order valence-electron chi connectivity index (χ2n) is 4.88. The van der Waals surface area contributed by atoms with Gasteiger partial charge in [0.2, 0.25) is 0 Å². The first-order chi connectivity index (χ1) is 9.65. The molecule has 0 saturated heterocycles. The third-order valence-electron chi connectivity index (χ3n) is 3.38. The van der Waals surface area contributed by atoms with Crippen LogP contribution in [-0.2, 0) is 6.42 Å². The summed E-state index contributed by atoms with van der Waals surface area (Å²) in [7, 11) is 1.90. The predicted molar refractivity (Wildman–Crippen MR) is 85.4 cm³/mol. The van der Waals surface area contributed by atoms with Crippen molar-refractivity contribution in [3.05, 3.63) is 69.4 Å². The quantitative estimate of drug-likeness (QED) is 0.823. The largest absolute Gasteiger partial charge is 0.309 e. The summed E-state index contributed by atoms with van der Waals surface area (Å²) in [5.41, 5.74) is 3.39. The van der Waals surface area contributed by atoms with Crippen LogP contribution < -0.4 is 5.32 Å². The van der Waals surface area contributed by atoms with E-state index in [9.17, 15) is 4.39 Å². The summed E-state index contributed by atoms with van der Waals surface area (Å²) in [6.07, 6.45) is 2.19. The van der Waals surface area contributed by atoms with E-state index in [-0.39, 0.29) is 11.9 Å². The Bertz CT molecular complexity index is 583. The van der Waals surface area contributed by atoms with Gasteiger partial charge in [-0.15, -0.1) is 0 Å². The van der Waals surface area contributed by atoms with Crippen molar-refractivity contribution in [1.82, 2.24) is 5.32 Å². The smallest absolute Gasteiger partial charge is 0.123 e. The van der Waals surface area contributed by atoms with Crippen LogP contribution in [0.15, 0.2) is 46.9 Å². The second kappa shape index (κ2) is 7.00. The second-order valence-corrected chi connectivity index (χ2v) is 5.74. The van der Waals surface area contributed by atoms with Gasteiger partial charge in [0.25, 0.3) is 0 Å². The van der Waals surface area contributed by atoms with E-state index in [4.69, 9.17) is 0 Å². The van der Waals surface area contributed by atoms with Gasteiger partial charge < -0.3 is 5.32 Å². The molecule has 0 saturated carbocycles. The minimum absolute atomic E-state index is 0.0168. The molecule has 3 heteroatoms. The number of benzene rings is 2. The molecule has 0 aliphatic heterocycles. The van der Waals surface area contributed by atoms with Crippen molar-refractivity contribution >= 4 is 15.9 Å². The number of aryl methyl sites for hydroxylation is 1. The highest BCUT2D eigenvalue weighted by atomic mass is 79.9. The average Bonchev–Trinajstić information content (AvgIpc) is 2.44. The van der Waals surface area contributed by atoms with E-state index < -0.39 is 0 Å². The first-order valence-electron chi connectivity index (χ1n) is 6.86. The fraction of sp³-hybridized carbons (Fsp3) is 0.294. The zero-order valence-electron chi connectivity index (χ0n) is 11.8. The van der Waals surface area contributed by atoms with E-state index in [2.05, 4.69) is 52.4 Å². The van der Waals surface area contributed by atoms with Crippen molar-refractivity contribution in [1.29, 1.82) is 0 Å². The van der Waals surface area contributed by atoms with E-state index >= 15 is 0 Å². The molecule has 2 rings (SSSR count). The van der Waals surface area contributed by atoms with Crippen molar-refractivity contribution in [2.45, 2.75) is 25.8 Å². The fourth-order valence-electron chi connectivity index (χ4n) is 2.45. The third-order valence-corrected chi connectivity index (χ3v) is 4.10. The summed E-state index contributed by atoms with van der Waals surface area (Å²) in [6, 6.07) is 13.3. The number of halogens is 2. The third kappa shape index (κ3) is 3.47. The highest BCUT2D eigenvalue weighted by Gasteiger charge is 2.16. The van der Waals surface area contributed by atoms with Crippen molar-refractivity contribution in [3.8, 4) is 0 Å². The van der Waals surface area contributed by atoms with Crippen LogP contribution in [0.1, 0.15) is 36.1 Å². The molecule has 0 amide bonds. The maximum Gasteiger partial charge on any atom is 0.123 e. The Morgan fingerprint density at radius 2 is 2.00 bits per heavy atom. The molecule has 2 aromatic rings. The van der Waals surface area contributed by atoms with E-state index in [0.29, 0.717) is 0 Å². The molecule has 0 aliphatic carbocycles. The molecule has 0 heterocycles. The van der Waals surface area contributed by atoms with E-state index in [1.807, 2.05) is 7.05 Å². The molecular weight excluding hydrogens is 317 g/mol. The topological polar surface area (TPSA) is 12.0 Å². The lowest BCUT2D eigenvalue weighted by atomic mass is 9.96. The highest BCUT2D eigenvalue weighted by molar-refractivity contribution is 9.10. The van der Waals surface area contributed by atoms with Gasteiger partial charge in [-0.2, -0.15) is 0 Å². The molecule has 1 nitrogen and oxygen atoms in total. The highest BCUT2D eigenvalue weighted by Crippen LogP contribution is 2.29. The summed E-state index contributed by atoms with van der Waals surface area (Å²) in [6.45, 7) is 2.17. The Labute approximate surface area is 128 Å². The molecule has 0 aromatic heterocycles. The Morgan fingerprint density at radius 1 is 1.20 bits per heavy atom. The molecule has 0 radical (unpaired) electrons. The summed E-state index contributed by atoms with van der Waals surface area (Å²) >= 11 is 3.51. The van der Waals surface area contributed by atoms with Crippen LogP contribution in [0.5, 0.6) is 0 Å². The van der Waals surface area contributed by atoms with Crippen molar-refractivity contribution in [3.63, 3.8) is 0 Å². The molecule has 0 bridgehead atoms. The SMILES string of the molecule is CCCc1cccc(C(NC)c2cc(F)ccc2Br)c1. The van der Waals surface area contributed by atoms with E-state index in [0.717, 1.165) is 28.4 Å². The van der Waals surface area contributed by atoms with Crippen molar-refractivity contribution in [2.75, 3.05) is 7.05 Å². The van der Waals surface area contributed by atoms with Gasteiger partial charge >= 0.3 is 0 Å². The van der Waals surface area contributed by atoms with Crippen LogP contribution in [0, 0.1) is 5.82 Å². The maximum atomic E-state index is 13.5. The van der Waals surface area contributed by atoms with Crippen LogP contribution >= 0.6 is 15.9 Å². The molecule has 20 heavy (non-hydrogen) atoms. The Hall–Kier alpha value is -1.19. The van der Waals surface area contributed by atoms with Crippen LogP contribution in [-0.4, -0.2) is 7.05 Å². The number of nitrogens with one attached hydrogen (secondary N) is 1. The fourth-order valence-corrected chi connectivity index (χ4v) is 2.93. The van der Waals surface area contributed by atoms with Gasteiger partial charge in [0.05, 0.1) is 6.04 Å². The standard InChI is InChI=1S/C17H19BrFN/c1-3-5-12-6-4-7-13(10-12)17(20-2)15-11-14(19)8-9-16(15)18/h4,6-11,17,20H,3,5H2,1-2H3. The monoisotopic (exact) mass is 335 g/mol. The van der Waals surface area contributed by atoms with Gasteiger partial charge in [-0.05, 0) is 48.4 Å². The van der Waals surface area contributed by atoms with E-state index in [1.165, 1.54) is 11.6 Å².